The molecule has 0 radical (unpaired) electrons. The maximum atomic E-state index is 12.6. The van der Waals surface area contributed by atoms with Crippen LogP contribution in [0.15, 0.2) is 41.0 Å². The summed E-state index contributed by atoms with van der Waals surface area (Å²) in [6.07, 6.45) is 0.533. The number of ether oxygens (including phenoxy) is 2. The molecule has 0 aliphatic carbocycles. The number of para-hydroxylation sites is 2. The molecule has 136 valence electrons. The fourth-order valence-corrected chi connectivity index (χ4v) is 2.65. The van der Waals surface area contributed by atoms with Crippen LogP contribution in [0.1, 0.15) is 16.1 Å². The maximum Gasteiger partial charge on any atom is 0.342 e. The van der Waals surface area contributed by atoms with Crippen LogP contribution in [0, 0.1) is 6.92 Å². The normalized spacial score (nSPS) is 15.6. The van der Waals surface area contributed by atoms with Gasteiger partial charge in [0.2, 0.25) is 0 Å². The van der Waals surface area contributed by atoms with Gasteiger partial charge in [-0.1, -0.05) is 12.1 Å². The molecule has 1 N–H and O–H groups in total. The second-order valence-electron chi connectivity index (χ2n) is 5.66. The van der Waals surface area contributed by atoms with Crippen LogP contribution in [-0.4, -0.2) is 44.1 Å². The van der Waals surface area contributed by atoms with Gasteiger partial charge in [0.25, 0.3) is 11.8 Å². The standard InChI is InChI=1S/C18H18N2O6/c1-11-12(7-8-24-11)18(23)25-10-16(21)20-9-15(17(22)19-2)26-14-6-4-3-5-13(14)20/h3-8,15H,9-10H2,1-2H3,(H,19,22). The Labute approximate surface area is 149 Å². The predicted octanol–water partition coefficient (Wildman–Crippen LogP) is 1.29. The summed E-state index contributed by atoms with van der Waals surface area (Å²) in [6, 6.07) is 8.35. The van der Waals surface area contributed by atoms with Crippen molar-refractivity contribution in [2.75, 3.05) is 25.1 Å². The Morgan fingerprint density at radius 2 is 2.04 bits per heavy atom. The van der Waals surface area contributed by atoms with Crippen LogP contribution in [0.25, 0.3) is 0 Å². The zero-order valence-corrected chi connectivity index (χ0v) is 14.4. The number of esters is 1. The van der Waals surface area contributed by atoms with Crippen molar-refractivity contribution in [1.29, 1.82) is 0 Å². The van der Waals surface area contributed by atoms with E-state index in [1.165, 1.54) is 24.3 Å². The second-order valence-corrected chi connectivity index (χ2v) is 5.66. The number of hydrogen-bond donors (Lipinski definition) is 1. The van der Waals surface area contributed by atoms with Gasteiger partial charge in [-0.25, -0.2) is 4.79 Å². The van der Waals surface area contributed by atoms with Crippen molar-refractivity contribution < 1.29 is 28.3 Å². The number of aryl methyl sites for hydroxylation is 1. The minimum atomic E-state index is -0.842. The van der Waals surface area contributed by atoms with Gasteiger partial charge in [-0.2, -0.15) is 0 Å². The molecule has 2 amide bonds. The van der Waals surface area contributed by atoms with E-state index in [-0.39, 0.29) is 18.0 Å². The fraction of sp³-hybridized carbons (Fsp3) is 0.278. The van der Waals surface area contributed by atoms with Crippen LogP contribution in [0.4, 0.5) is 5.69 Å². The van der Waals surface area contributed by atoms with Crippen molar-refractivity contribution in [2.24, 2.45) is 0 Å². The van der Waals surface area contributed by atoms with E-state index in [2.05, 4.69) is 5.32 Å². The van der Waals surface area contributed by atoms with Gasteiger partial charge in [0.05, 0.1) is 18.5 Å². The average Bonchev–Trinajstić information content (AvgIpc) is 3.10. The molecule has 0 saturated heterocycles. The first-order valence-electron chi connectivity index (χ1n) is 8.00. The zero-order valence-electron chi connectivity index (χ0n) is 14.4. The van der Waals surface area contributed by atoms with E-state index in [4.69, 9.17) is 13.9 Å². The molecule has 0 bridgehead atoms. The van der Waals surface area contributed by atoms with E-state index in [1.54, 1.807) is 31.2 Å². The van der Waals surface area contributed by atoms with Crippen molar-refractivity contribution in [1.82, 2.24) is 5.32 Å². The molecule has 1 aromatic carbocycles. The van der Waals surface area contributed by atoms with Gasteiger partial charge < -0.3 is 24.1 Å². The number of anilines is 1. The fourth-order valence-electron chi connectivity index (χ4n) is 2.65. The number of carbonyl (C=O) groups is 3. The number of nitrogens with one attached hydrogen (secondary N) is 1. The maximum absolute atomic E-state index is 12.6. The average molecular weight is 358 g/mol. The van der Waals surface area contributed by atoms with Crippen LogP contribution < -0.4 is 15.0 Å². The van der Waals surface area contributed by atoms with Crippen LogP contribution in [0.2, 0.25) is 0 Å². The molecule has 1 unspecified atom stereocenters. The minimum Gasteiger partial charge on any atom is -0.477 e. The quantitative estimate of drug-likeness (QED) is 0.827. The van der Waals surface area contributed by atoms with Crippen molar-refractivity contribution in [3.63, 3.8) is 0 Å². The number of carbonyl (C=O) groups excluding carboxylic acids is 3. The first-order chi connectivity index (χ1) is 12.5. The lowest BCUT2D eigenvalue weighted by atomic mass is 10.1. The summed E-state index contributed by atoms with van der Waals surface area (Å²) >= 11 is 0. The van der Waals surface area contributed by atoms with Gasteiger partial charge in [0.1, 0.15) is 17.1 Å². The highest BCUT2D eigenvalue weighted by Crippen LogP contribution is 2.33. The van der Waals surface area contributed by atoms with Gasteiger partial charge >= 0.3 is 5.97 Å². The molecule has 1 aromatic heterocycles. The Morgan fingerprint density at radius 3 is 2.73 bits per heavy atom. The van der Waals surface area contributed by atoms with E-state index in [0.29, 0.717) is 17.2 Å². The molecule has 2 aromatic rings. The Kier molecular flexibility index (Phi) is 4.92. The van der Waals surface area contributed by atoms with Gasteiger partial charge in [0.15, 0.2) is 12.7 Å². The number of benzene rings is 1. The Bertz CT molecular complexity index is 844. The number of rotatable bonds is 4. The van der Waals surface area contributed by atoms with Crippen LogP contribution in [0.3, 0.4) is 0 Å². The molecule has 3 rings (SSSR count). The third-order valence-electron chi connectivity index (χ3n) is 4.02. The van der Waals surface area contributed by atoms with E-state index >= 15 is 0 Å². The molecule has 26 heavy (non-hydrogen) atoms. The molecular weight excluding hydrogens is 340 g/mol. The van der Waals surface area contributed by atoms with E-state index in [9.17, 15) is 14.4 Å². The first kappa shape index (κ1) is 17.5. The summed E-state index contributed by atoms with van der Waals surface area (Å²) in [7, 11) is 1.49. The number of amides is 2. The molecule has 0 saturated carbocycles. The van der Waals surface area contributed by atoms with Crippen molar-refractivity contribution >= 4 is 23.5 Å². The number of nitrogens with zero attached hydrogens (tertiary/aromatic N) is 1. The lowest BCUT2D eigenvalue weighted by Gasteiger charge is -2.33. The summed E-state index contributed by atoms with van der Waals surface area (Å²) in [5.41, 5.74) is 0.789. The Morgan fingerprint density at radius 1 is 1.27 bits per heavy atom. The highest BCUT2D eigenvalue weighted by Gasteiger charge is 2.33. The molecule has 0 fully saturated rings. The lowest BCUT2D eigenvalue weighted by molar-refractivity contribution is -0.128. The molecule has 0 spiro atoms. The van der Waals surface area contributed by atoms with Gasteiger partial charge in [-0.15, -0.1) is 0 Å². The summed E-state index contributed by atoms with van der Waals surface area (Å²) < 4.78 is 15.8. The summed E-state index contributed by atoms with van der Waals surface area (Å²) in [5.74, 6) is -0.613. The summed E-state index contributed by atoms with van der Waals surface area (Å²) in [6.45, 7) is 1.20. The molecule has 2 heterocycles. The van der Waals surface area contributed by atoms with Crippen molar-refractivity contribution in [2.45, 2.75) is 13.0 Å². The smallest absolute Gasteiger partial charge is 0.342 e. The first-order valence-corrected chi connectivity index (χ1v) is 8.00. The molecule has 1 atom stereocenters. The van der Waals surface area contributed by atoms with Crippen molar-refractivity contribution in [3.05, 3.63) is 47.9 Å². The van der Waals surface area contributed by atoms with E-state index in [0.717, 1.165) is 0 Å². The largest absolute Gasteiger partial charge is 0.477 e. The van der Waals surface area contributed by atoms with Gasteiger partial charge in [-0.05, 0) is 25.1 Å². The molecular formula is C18H18N2O6. The number of fused-ring (bicyclic) bond motifs is 1. The third kappa shape index (κ3) is 3.39. The number of hydrogen-bond acceptors (Lipinski definition) is 6. The third-order valence-corrected chi connectivity index (χ3v) is 4.02. The SMILES string of the molecule is CNC(=O)C1CN(C(=O)COC(=O)c2ccoc2C)c2ccccc2O1. The van der Waals surface area contributed by atoms with E-state index < -0.39 is 24.6 Å². The van der Waals surface area contributed by atoms with Crippen LogP contribution in [0.5, 0.6) is 5.75 Å². The summed E-state index contributed by atoms with van der Waals surface area (Å²) in [5, 5.41) is 2.50. The van der Waals surface area contributed by atoms with Gasteiger partial charge in [0, 0.05) is 7.05 Å². The molecule has 1 aliphatic rings. The van der Waals surface area contributed by atoms with Crippen molar-refractivity contribution in [3.8, 4) is 5.75 Å². The van der Waals surface area contributed by atoms with E-state index in [1.807, 2.05) is 0 Å². The Balaban J connectivity index is 1.74. The molecule has 1 aliphatic heterocycles. The number of furan rings is 1. The minimum absolute atomic E-state index is 0.0256. The summed E-state index contributed by atoms with van der Waals surface area (Å²) in [4.78, 5) is 38.0. The Hall–Kier alpha value is -3.29. The zero-order chi connectivity index (χ0) is 18.7. The monoisotopic (exact) mass is 358 g/mol. The molecule has 8 nitrogen and oxygen atoms in total. The highest BCUT2D eigenvalue weighted by molar-refractivity contribution is 5.99. The predicted molar refractivity (Wildman–Crippen MR) is 91.0 cm³/mol. The second kappa shape index (κ2) is 7.30. The topological polar surface area (TPSA) is 98.1 Å². The van der Waals surface area contributed by atoms with Crippen LogP contribution >= 0.6 is 0 Å². The lowest BCUT2D eigenvalue weighted by Crippen LogP contribution is -2.51. The van der Waals surface area contributed by atoms with Gasteiger partial charge in [-0.3, -0.25) is 9.59 Å². The molecule has 8 heteroatoms. The highest BCUT2D eigenvalue weighted by atomic mass is 16.5. The number of likely N-dealkylation sites (N-methyl/N-ethyl adjacent to an activating group) is 1. The van der Waals surface area contributed by atoms with Crippen LogP contribution in [-0.2, 0) is 14.3 Å².